The number of alkyl carbamates (subject to hydrolysis) is 1. The standard InChI is InChI=1S/C45H62N6O9S/c1-7-29-23-45(29,41(54)49-61(56,57)44(5)18-19-44)48-38(52)34-22-30-25-51(34)40(53)37(43(2,3)4)47-42(55)60-35-21-28(35)13-9-8-10-15-32-36(58-26-27-17-20-50(6)24-27)31-14-11-12-16-33(31)46-39(32)59-30/h7,11-12,14,16,27-30,34-35,37H,1,8-10,13,15,17-26H2,2-6H3,(H,47,55)(H,48,52)(H,49,54)/t27?,28-,29?,30-,34+,35-,37-,45-/m1/s1. The van der Waals surface area contributed by atoms with Gasteiger partial charge < -0.3 is 34.6 Å². The Labute approximate surface area is 359 Å². The van der Waals surface area contributed by atoms with Crippen molar-refractivity contribution in [1.29, 1.82) is 0 Å². The van der Waals surface area contributed by atoms with Crippen LogP contribution in [0.3, 0.4) is 0 Å². The molecule has 3 aliphatic heterocycles. The van der Waals surface area contributed by atoms with E-state index in [1.165, 1.54) is 11.0 Å². The van der Waals surface area contributed by atoms with Gasteiger partial charge in [-0.2, -0.15) is 0 Å². The van der Waals surface area contributed by atoms with Gasteiger partial charge in [-0.25, -0.2) is 18.2 Å². The second kappa shape index (κ2) is 16.4. The Morgan fingerprint density at radius 1 is 1.08 bits per heavy atom. The van der Waals surface area contributed by atoms with Crippen molar-refractivity contribution < 1.29 is 41.8 Å². The molecular formula is C45H62N6O9S. The van der Waals surface area contributed by atoms with Crippen molar-refractivity contribution in [3.8, 4) is 11.6 Å². The maximum absolute atomic E-state index is 14.9. The van der Waals surface area contributed by atoms with Crippen LogP contribution in [0.1, 0.15) is 97.5 Å². The lowest BCUT2D eigenvalue weighted by atomic mass is 9.85. The van der Waals surface area contributed by atoms with Gasteiger partial charge in [-0.1, -0.05) is 51.8 Å². The van der Waals surface area contributed by atoms with E-state index >= 15 is 0 Å². The number of carbonyl (C=O) groups excluding carboxylic acids is 4. The van der Waals surface area contributed by atoms with Gasteiger partial charge in [-0.3, -0.25) is 19.1 Å². The Morgan fingerprint density at radius 2 is 1.85 bits per heavy atom. The first-order chi connectivity index (χ1) is 28.9. The fraction of sp³-hybridized carbons (Fsp3) is 0.667. The lowest BCUT2D eigenvalue weighted by molar-refractivity contribution is -0.142. The van der Waals surface area contributed by atoms with Crippen molar-refractivity contribution in [1.82, 2.24) is 30.1 Å². The largest absolute Gasteiger partial charge is 0.492 e. The molecule has 8 rings (SSSR count). The Kier molecular flexibility index (Phi) is 11.6. The molecule has 16 heteroatoms. The van der Waals surface area contributed by atoms with Crippen molar-refractivity contribution >= 4 is 44.7 Å². The quantitative estimate of drug-likeness (QED) is 0.299. The fourth-order valence-corrected chi connectivity index (χ4v) is 10.7. The van der Waals surface area contributed by atoms with Gasteiger partial charge in [0.1, 0.15) is 35.6 Å². The van der Waals surface area contributed by atoms with Crippen LogP contribution in [-0.2, 0) is 35.6 Å². The van der Waals surface area contributed by atoms with E-state index in [1.807, 2.05) is 45.0 Å². The molecule has 2 bridgehead atoms. The number of rotatable bonds is 9. The van der Waals surface area contributed by atoms with E-state index in [9.17, 15) is 27.6 Å². The molecule has 0 radical (unpaired) electrons. The summed E-state index contributed by atoms with van der Waals surface area (Å²) in [5.41, 5.74) is -0.829. The smallest absolute Gasteiger partial charge is 0.408 e. The molecule has 15 nitrogen and oxygen atoms in total. The predicted molar refractivity (Wildman–Crippen MR) is 228 cm³/mol. The minimum Gasteiger partial charge on any atom is -0.492 e. The van der Waals surface area contributed by atoms with E-state index < -0.39 is 73.6 Å². The van der Waals surface area contributed by atoms with Crippen molar-refractivity contribution in [3.05, 3.63) is 42.5 Å². The summed E-state index contributed by atoms with van der Waals surface area (Å²) in [5, 5.41) is 6.60. The van der Waals surface area contributed by atoms with Gasteiger partial charge in [-0.05, 0) is 95.3 Å². The number of amides is 4. The Morgan fingerprint density at radius 3 is 2.54 bits per heavy atom. The number of carbonyl (C=O) groups is 4. The molecule has 8 atom stereocenters. The summed E-state index contributed by atoms with van der Waals surface area (Å²) in [7, 11) is -1.89. The van der Waals surface area contributed by atoms with Gasteiger partial charge in [0.2, 0.25) is 27.7 Å². The molecule has 3 N–H and O–H groups in total. The summed E-state index contributed by atoms with van der Waals surface area (Å²) in [5.74, 6) is -0.777. The molecule has 2 unspecified atom stereocenters. The minimum atomic E-state index is -4.01. The first-order valence-electron chi connectivity index (χ1n) is 22.1. The molecule has 2 saturated heterocycles. The molecule has 4 amide bonds. The third kappa shape index (κ3) is 8.93. The fourth-order valence-electron chi connectivity index (χ4n) is 9.35. The van der Waals surface area contributed by atoms with Gasteiger partial charge in [0.15, 0.2) is 0 Å². The molecule has 3 aliphatic carbocycles. The topological polar surface area (TPSA) is 186 Å². The highest BCUT2D eigenvalue weighted by Crippen LogP contribution is 2.47. The van der Waals surface area contributed by atoms with Gasteiger partial charge in [0.25, 0.3) is 5.91 Å². The summed E-state index contributed by atoms with van der Waals surface area (Å²) in [6.07, 6.45) is 7.02. The molecular weight excluding hydrogens is 801 g/mol. The second-order valence-electron chi connectivity index (χ2n) is 19.8. The number of fused-ring (bicyclic) bond motifs is 5. The zero-order valence-corrected chi connectivity index (χ0v) is 37.0. The van der Waals surface area contributed by atoms with Crippen LogP contribution < -0.4 is 24.8 Å². The number of pyridine rings is 1. The summed E-state index contributed by atoms with van der Waals surface area (Å²) < 4.78 is 46.9. The third-order valence-electron chi connectivity index (χ3n) is 13.9. The SMILES string of the molecule is C=CC1C[C@]1(NC(=O)[C@@H]1C[C@@H]2CN1C(=O)[C@H](C(C)(C)C)NC(=O)O[C@@H]1C[C@H]1CCCCCc1c(nc3ccccc3c1OCC1CCN(C)C1)O2)C(=O)NS(=O)(=O)C1(C)CC1. The zero-order chi connectivity index (χ0) is 43.5. The van der Waals surface area contributed by atoms with Crippen molar-refractivity contribution in [3.63, 3.8) is 0 Å². The highest BCUT2D eigenvalue weighted by atomic mass is 32.2. The highest BCUT2D eigenvalue weighted by Gasteiger charge is 2.63. The number of hydrogen-bond acceptors (Lipinski definition) is 11. The first kappa shape index (κ1) is 43.2. The van der Waals surface area contributed by atoms with Gasteiger partial charge in [0.05, 0.1) is 29.0 Å². The Bertz CT molecular complexity index is 2190. The van der Waals surface area contributed by atoms with Gasteiger partial charge in [-0.15, -0.1) is 6.58 Å². The Hall–Kier alpha value is -4.44. The van der Waals surface area contributed by atoms with Crippen LogP contribution in [-0.4, -0.2) is 115 Å². The van der Waals surface area contributed by atoms with Crippen LogP contribution in [0.4, 0.5) is 4.79 Å². The minimum absolute atomic E-state index is 0.0275. The molecule has 61 heavy (non-hydrogen) atoms. The Balaban J connectivity index is 1.14. The van der Waals surface area contributed by atoms with Crippen molar-refractivity contribution in [2.75, 3.05) is 33.3 Å². The molecule has 3 saturated carbocycles. The lowest BCUT2D eigenvalue weighted by Gasteiger charge is -2.35. The van der Waals surface area contributed by atoms with Gasteiger partial charge in [0, 0.05) is 30.2 Å². The number of ether oxygens (including phenoxy) is 3. The summed E-state index contributed by atoms with van der Waals surface area (Å²) in [4.78, 5) is 65.4. The zero-order valence-electron chi connectivity index (χ0n) is 36.2. The summed E-state index contributed by atoms with van der Waals surface area (Å²) >= 11 is 0. The number of hydrogen-bond donors (Lipinski definition) is 3. The number of nitrogens with one attached hydrogen (secondary N) is 3. The summed E-state index contributed by atoms with van der Waals surface area (Å²) in [6.45, 7) is 13.4. The van der Waals surface area contributed by atoms with E-state index in [-0.39, 0.29) is 31.4 Å². The second-order valence-corrected chi connectivity index (χ2v) is 22.0. The molecule has 1 aromatic carbocycles. The molecule has 4 heterocycles. The highest BCUT2D eigenvalue weighted by molar-refractivity contribution is 7.91. The molecule has 2 aromatic rings. The number of para-hydroxylation sites is 1. The maximum atomic E-state index is 14.9. The van der Waals surface area contributed by atoms with E-state index in [2.05, 4.69) is 33.9 Å². The number of likely N-dealkylation sites (tertiary alicyclic amines) is 1. The number of benzene rings is 1. The van der Waals surface area contributed by atoms with Crippen LogP contribution in [0.25, 0.3) is 10.9 Å². The predicted octanol–water partition coefficient (Wildman–Crippen LogP) is 4.62. The molecule has 1 aromatic heterocycles. The maximum Gasteiger partial charge on any atom is 0.408 e. The normalized spacial score (nSPS) is 31.6. The van der Waals surface area contributed by atoms with Crippen LogP contribution >= 0.6 is 0 Å². The van der Waals surface area contributed by atoms with Crippen LogP contribution in [0.2, 0.25) is 0 Å². The van der Waals surface area contributed by atoms with Gasteiger partial charge >= 0.3 is 6.09 Å². The van der Waals surface area contributed by atoms with Crippen LogP contribution in [0.15, 0.2) is 36.9 Å². The lowest BCUT2D eigenvalue weighted by Crippen LogP contribution is -2.60. The third-order valence-corrected chi connectivity index (χ3v) is 16.0. The average molecular weight is 863 g/mol. The molecule has 6 aliphatic rings. The van der Waals surface area contributed by atoms with E-state index in [4.69, 9.17) is 19.2 Å². The first-order valence-corrected chi connectivity index (χ1v) is 23.6. The van der Waals surface area contributed by atoms with Crippen LogP contribution in [0, 0.1) is 23.2 Å². The van der Waals surface area contributed by atoms with E-state index in [0.29, 0.717) is 43.2 Å². The number of sulfonamides is 1. The molecule has 5 fully saturated rings. The molecule has 0 spiro atoms. The van der Waals surface area contributed by atoms with Crippen molar-refractivity contribution in [2.45, 2.75) is 133 Å². The van der Waals surface area contributed by atoms with E-state index in [0.717, 1.165) is 68.3 Å². The molecule has 332 valence electrons. The van der Waals surface area contributed by atoms with E-state index in [1.54, 1.807) is 6.92 Å². The number of aromatic nitrogens is 1. The monoisotopic (exact) mass is 862 g/mol. The average Bonchev–Trinajstić information content (AvgIpc) is 4.16. The van der Waals surface area contributed by atoms with Crippen LogP contribution in [0.5, 0.6) is 11.6 Å². The number of nitrogens with zero attached hydrogens (tertiary/aromatic N) is 3. The summed E-state index contributed by atoms with van der Waals surface area (Å²) in [6, 6.07) is 5.60. The van der Waals surface area contributed by atoms with Crippen molar-refractivity contribution in [2.24, 2.45) is 23.2 Å².